The molecule has 2 N–H and O–H groups in total. The Kier molecular flexibility index (Phi) is 5.45. The van der Waals surface area contributed by atoms with E-state index in [4.69, 9.17) is 9.72 Å². The Balaban J connectivity index is 1.60. The number of hydrogen-bond donors (Lipinski definition) is 2. The van der Waals surface area contributed by atoms with Crippen LogP contribution in [0.2, 0.25) is 0 Å². The number of H-pyrrole nitrogens is 1. The van der Waals surface area contributed by atoms with Crippen LogP contribution in [-0.4, -0.2) is 46.6 Å². The van der Waals surface area contributed by atoms with Gasteiger partial charge in [-0.3, -0.25) is 9.67 Å². The van der Waals surface area contributed by atoms with Crippen molar-refractivity contribution in [3.63, 3.8) is 0 Å². The quantitative estimate of drug-likeness (QED) is 0.400. The molecule has 0 fully saturated rings. The molecule has 1 aromatic carbocycles. The first kappa shape index (κ1) is 21.2. The summed E-state index contributed by atoms with van der Waals surface area (Å²) in [6.07, 6.45) is 2.09. The molecule has 0 saturated carbocycles. The number of imidazole rings is 1. The van der Waals surface area contributed by atoms with Crippen LogP contribution < -0.4 is 4.74 Å². The van der Waals surface area contributed by atoms with Gasteiger partial charge in [0.1, 0.15) is 24.0 Å². The number of aromatic amines is 1. The first-order valence-corrected chi connectivity index (χ1v) is 10.6. The van der Waals surface area contributed by atoms with E-state index in [-0.39, 0.29) is 12.3 Å². The number of nitrogens with zero attached hydrogens (tertiary/aromatic N) is 7. The van der Waals surface area contributed by atoms with Crippen LogP contribution in [0, 0.1) is 25.2 Å². The number of fused-ring (bicyclic) bond motifs is 1. The summed E-state index contributed by atoms with van der Waals surface area (Å²) in [5.41, 5.74) is 5.38. The minimum atomic E-state index is -0.0383. The van der Waals surface area contributed by atoms with Crippen LogP contribution >= 0.6 is 0 Å². The van der Waals surface area contributed by atoms with Crippen molar-refractivity contribution < 1.29 is 9.84 Å². The van der Waals surface area contributed by atoms with Gasteiger partial charge in [0.2, 0.25) is 5.88 Å². The molecule has 4 heterocycles. The van der Waals surface area contributed by atoms with E-state index in [1.54, 1.807) is 12.4 Å². The van der Waals surface area contributed by atoms with Crippen LogP contribution in [0.25, 0.3) is 28.1 Å². The van der Waals surface area contributed by atoms with Gasteiger partial charge in [-0.25, -0.2) is 9.97 Å². The summed E-state index contributed by atoms with van der Waals surface area (Å²) in [7, 11) is 0. The van der Waals surface area contributed by atoms with Gasteiger partial charge in [-0.1, -0.05) is 6.07 Å². The zero-order chi connectivity index (χ0) is 23.7. The van der Waals surface area contributed by atoms with Gasteiger partial charge in [0.05, 0.1) is 28.0 Å². The van der Waals surface area contributed by atoms with Gasteiger partial charge < -0.3 is 9.84 Å². The molecule has 0 aliphatic carbocycles. The maximum atomic E-state index is 9.54. The lowest BCUT2D eigenvalue weighted by atomic mass is 10.0. The number of hydrogen-bond acceptors (Lipinski definition) is 8. The van der Waals surface area contributed by atoms with Crippen molar-refractivity contribution in [2.45, 2.75) is 20.3 Å². The number of pyridine rings is 1. The number of benzene rings is 1. The van der Waals surface area contributed by atoms with Crippen molar-refractivity contribution in [2.75, 3.05) is 6.61 Å². The number of nitriles is 1. The van der Waals surface area contributed by atoms with E-state index < -0.39 is 0 Å². The maximum absolute atomic E-state index is 9.54. The van der Waals surface area contributed by atoms with Crippen molar-refractivity contribution in [2.24, 2.45) is 0 Å². The first-order chi connectivity index (χ1) is 16.6. The molecule has 10 nitrogen and oxygen atoms in total. The molecule has 5 rings (SSSR count). The number of aliphatic hydroxyl groups is 1. The average molecular weight is 452 g/mol. The third kappa shape index (κ3) is 3.85. The molecule has 168 valence electrons. The second-order valence-corrected chi connectivity index (χ2v) is 7.71. The van der Waals surface area contributed by atoms with Crippen LogP contribution in [-0.2, 0) is 6.42 Å². The zero-order valence-corrected chi connectivity index (χ0v) is 18.5. The van der Waals surface area contributed by atoms with Gasteiger partial charge in [0, 0.05) is 24.4 Å². The number of nitrogens with one attached hydrogen (secondary N) is 1. The van der Waals surface area contributed by atoms with Gasteiger partial charge in [0.15, 0.2) is 5.69 Å². The Morgan fingerprint density at radius 1 is 1.12 bits per heavy atom. The fraction of sp³-hybridized carbons (Fsp3) is 0.167. The van der Waals surface area contributed by atoms with E-state index >= 15 is 0 Å². The van der Waals surface area contributed by atoms with Gasteiger partial charge in [-0.15, -0.1) is 5.10 Å². The number of aromatic nitrogens is 7. The highest BCUT2D eigenvalue weighted by Gasteiger charge is 2.19. The fourth-order valence-corrected chi connectivity index (χ4v) is 3.75. The van der Waals surface area contributed by atoms with Gasteiger partial charge >= 0.3 is 0 Å². The highest BCUT2D eigenvalue weighted by molar-refractivity contribution is 5.79. The lowest BCUT2D eigenvalue weighted by Gasteiger charge is -2.12. The molecule has 34 heavy (non-hydrogen) atoms. The molecule has 0 radical (unpaired) electrons. The first-order valence-electron chi connectivity index (χ1n) is 10.6. The molecule has 0 saturated heterocycles. The Morgan fingerprint density at radius 2 is 2.00 bits per heavy atom. The molecule has 0 atom stereocenters. The average Bonchev–Trinajstić information content (AvgIpc) is 3.44. The van der Waals surface area contributed by atoms with Crippen LogP contribution in [0.5, 0.6) is 11.6 Å². The molecule has 0 aliphatic rings. The van der Waals surface area contributed by atoms with E-state index in [0.717, 1.165) is 28.0 Å². The molecule has 0 bridgehead atoms. The van der Waals surface area contributed by atoms with Crippen LogP contribution in [0.3, 0.4) is 0 Å². The minimum absolute atomic E-state index is 0.0383. The molecule has 10 heteroatoms. The second-order valence-electron chi connectivity index (χ2n) is 7.71. The third-order valence-electron chi connectivity index (χ3n) is 5.40. The predicted octanol–water partition coefficient (Wildman–Crippen LogP) is 3.42. The Bertz CT molecular complexity index is 1530. The van der Waals surface area contributed by atoms with Crippen LogP contribution in [0.1, 0.15) is 22.6 Å². The third-order valence-corrected chi connectivity index (χ3v) is 5.40. The SMILES string of the molecule is Cc1ccc(Oc2ccc3ncn(-c4ccc(CCO)c(-c5c(C#N)n[nH]c5C)n4)c3c2)nn1. The summed E-state index contributed by atoms with van der Waals surface area (Å²) in [5, 5.41) is 34.1. The van der Waals surface area contributed by atoms with Gasteiger partial charge in [-0.2, -0.15) is 15.5 Å². The molecule has 0 amide bonds. The summed E-state index contributed by atoms with van der Waals surface area (Å²) in [4.78, 5) is 9.34. The Hall–Kier alpha value is -4.62. The summed E-state index contributed by atoms with van der Waals surface area (Å²) in [6.45, 7) is 3.66. The summed E-state index contributed by atoms with van der Waals surface area (Å²) < 4.78 is 7.71. The van der Waals surface area contributed by atoms with Crippen LogP contribution in [0.15, 0.2) is 48.8 Å². The topological polar surface area (TPSA) is 138 Å². The largest absolute Gasteiger partial charge is 0.437 e. The fourth-order valence-electron chi connectivity index (χ4n) is 3.75. The highest BCUT2D eigenvalue weighted by atomic mass is 16.5. The van der Waals surface area contributed by atoms with Gasteiger partial charge in [0.25, 0.3) is 0 Å². The van der Waals surface area contributed by atoms with Crippen molar-refractivity contribution in [3.05, 3.63) is 71.4 Å². The summed E-state index contributed by atoms with van der Waals surface area (Å²) in [5.74, 6) is 1.59. The molecular weight excluding hydrogens is 432 g/mol. The van der Waals surface area contributed by atoms with Crippen molar-refractivity contribution in [3.8, 4) is 34.8 Å². The summed E-state index contributed by atoms with van der Waals surface area (Å²) in [6, 6.07) is 15.0. The maximum Gasteiger partial charge on any atom is 0.238 e. The second kappa shape index (κ2) is 8.73. The summed E-state index contributed by atoms with van der Waals surface area (Å²) >= 11 is 0. The smallest absolute Gasteiger partial charge is 0.238 e. The van der Waals surface area contributed by atoms with Crippen LogP contribution in [0.4, 0.5) is 0 Å². The molecule has 0 spiro atoms. The molecule has 5 aromatic rings. The lowest BCUT2D eigenvalue weighted by Crippen LogP contribution is -2.03. The predicted molar refractivity (Wildman–Crippen MR) is 124 cm³/mol. The number of aryl methyl sites for hydroxylation is 2. The Labute approximate surface area is 194 Å². The van der Waals surface area contributed by atoms with Crippen molar-refractivity contribution in [1.29, 1.82) is 5.26 Å². The highest BCUT2D eigenvalue weighted by Crippen LogP contribution is 2.30. The van der Waals surface area contributed by atoms with Crippen molar-refractivity contribution >= 4 is 11.0 Å². The van der Waals surface area contributed by atoms with Crippen molar-refractivity contribution in [1.82, 2.24) is 34.9 Å². The number of aliphatic hydroxyl groups excluding tert-OH is 1. The monoisotopic (exact) mass is 452 g/mol. The van der Waals surface area contributed by atoms with E-state index in [9.17, 15) is 10.4 Å². The van der Waals surface area contributed by atoms with E-state index in [0.29, 0.717) is 35.1 Å². The van der Waals surface area contributed by atoms with Gasteiger partial charge in [-0.05, 0) is 50.1 Å². The lowest BCUT2D eigenvalue weighted by molar-refractivity contribution is 0.299. The normalized spacial score (nSPS) is 11.0. The standard InChI is InChI=1S/C24H20N8O2/c1-14-3-8-22(31-28-14)34-17-5-6-18-20(11-17)32(13-26-18)21-7-4-16(9-10-33)24(27-21)23-15(2)29-30-19(23)12-25/h3-8,11,13,33H,9-10H2,1-2H3,(H,29,30). The minimum Gasteiger partial charge on any atom is -0.437 e. The molecule has 4 aromatic heterocycles. The number of rotatable bonds is 6. The molecular formula is C24H20N8O2. The Morgan fingerprint density at radius 3 is 2.76 bits per heavy atom. The number of ether oxygens (including phenoxy) is 1. The zero-order valence-electron chi connectivity index (χ0n) is 18.5. The van der Waals surface area contributed by atoms with E-state index in [1.165, 1.54) is 0 Å². The molecule has 0 aliphatic heterocycles. The molecule has 0 unspecified atom stereocenters. The van der Waals surface area contributed by atoms with E-state index in [2.05, 4.69) is 31.4 Å². The van der Waals surface area contributed by atoms with E-state index in [1.807, 2.05) is 54.8 Å².